The number of rotatable bonds is 6. The number of ether oxygens (including phenoxy) is 2. The molecule has 0 bridgehead atoms. The predicted molar refractivity (Wildman–Crippen MR) is 76.9 cm³/mol. The summed E-state index contributed by atoms with van der Waals surface area (Å²) in [7, 11) is 1.60. The minimum Gasteiger partial charge on any atom is -0.493 e. The molecule has 1 N–H and O–H groups in total. The minimum absolute atomic E-state index is 0.0564. The fourth-order valence-electron chi connectivity index (χ4n) is 1.68. The normalized spacial score (nSPS) is 10.7. The number of hydrogen-bond acceptors (Lipinski definition) is 5. The quantitative estimate of drug-likeness (QED) is 0.887. The summed E-state index contributed by atoms with van der Waals surface area (Å²) in [5.41, 5.74) is 4.00. The highest BCUT2D eigenvalue weighted by molar-refractivity contribution is 6.31. The lowest BCUT2D eigenvalue weighted by atomic mass is 10.2. The zero-order chi connectivity index (χ0) is 14.5. The molecule has 0 fully saturated rings. The van der Waals surface area contributed by atoms with Gasteiger partial charge in [0.15, 0.2) is 11.5 Å². The largest absolute Gasteiger partial charge is 0.493 e. The summed E-state index contributed by atoms with van der Waals surface area (Å²) in [5.74, 6) is 1.30. The van der Waals surface area contributed by atoms with Gasteiger partial charge in [-0.2, -0.15) is 0 Å². The fourth-order valence-corrected chi connectivity index (χ4v) is 1.90. The number of benzene rings is 1. The third-order valence-corrected chi connectivity index (χ3v) is 2.92. The van der Waals surface area contributed by atoms with Crippen LogP contribution in [0.5, 0.6) is 11.5 Å². The van der Waals surface area contributed by atoms with E-state index >= 15 is 0 Å². The van der Waals surface area contributed by atoms with Crippen molar-refractivity contribution in [2.75, 3.05) is 12.5 Å². The number of hydrogen-bond donors (Lipinski definition) is 1. The van der Waals surface area contributed by atoms with Crippen molar-refractivity contribution < 1.29 is 9.47 Å². The Kier molecular flexibility index (Phi) is 4.68. The molecule has 108 valence electrons. The van der Waals surface area contributed by atoms with Gasteiger partial charge in [0.25, 0.3) is 0 Å². The van der Waals surface area contributed by atoms with E-state index in [1.54, 1.807) is 30.5 Å². The van der Waals surface area contributed by atoms with E-state index in [0.717, 1.165) is 5.56 Å². The zero-order valence-corrected chi connectivity index (χ0v) is 12.4. The molecule has 0 saturated heterocycles. The lowest BCUT2D eigenvalue weighted by Gasteiger charge is -2.16. The van der Waals surface area contributed by atoms with Crippen molar-refractivity contribution in [2.45, 2.75) is 26.5 Å². The van der Waals surface area contributed by atoms with Crippen LogP contribution in [0.15, 0.2) is 24.8 Å². The number of aromatic nitrogens is 3. The Labute approximate surface area is 122 Å². The van der Waals surface area contributed by atoms with E-state index < -0.39 is 0 Å². The highest BCUT2D eigenvalue weighted by Gasteiger charge is 2.11. The molecule has 0 aliphatic rings. The van der Waals surface area contributed by atoms with Gasteiger partial charge in [0.1, 0.15) is 12.7 Å². The molecule has 0 saturated carbocycles. The second-order valence-corrected chi connectivity index (χ2v) is 4.87. The summed E-state index contributed by atoms with van der Waals surface area (Å²) in [4.78, 5) is 0. The van der Waals surface area contributed by atoms with E-state index in [9.17, 15) is 0 Å². The van der Waals surface area contributed by atoms with Crippen LogP contribution in [0.4, 0.5) is 0 Å². The van der Waals surface area contributed by atoms with E-state index in [2.05, 4.69) is 15.6 Å². The van der Waals surface area contributed by atoms with Gasteiger partial charge in [-0.05, 0) is 25.5 Å². The van der Waals surface area contributed by atoms with Crippen molar-refractivity contribution in [3.63, 3.8) is 0 Å². The third kappa shape index (κ3) is 3.54. The van der Waals surface area contributed by atoms with Gasteiger partial charge in [0, 0.05) is 11.1 Å². The molecule has 0 radical (unpaired) electrons. The van der Waals surface area contributed by atoms with E-state index in [1.165, 1.54) is 0 Å². The minimum atomic E-state index is 0.0564. The smallest absolute Gasteiger partial charge is 0.163 e. The molecule has 1 heterocycles. The molecule has 2 rings (SSSR count). The number of nitrogens with zero attached hydrogens (tertiary/aromatic N) is 3. The van der Waals surface area contributed by atoms with Gasteiger partial charge < -0.3 is 14.9 Å². The maximum atomic E-state index is 6.27. The van der Waals surface area contributed by atoms with Gasteiger partial charge in [-0.15, -0.1) is 10.2 Å². The Morgan fingerprint density at radius 2 is 1.95 bits per heavy atom. The van der Waals surface area contributed by atoms with Crippen molar-refractivity contribution >= 4 is 11.6 Å². The van der Waals surface area contributed by atoms with Gasteiger partial charge in [0.05, 0.1) is 19.8 Å². The molecule has 1 aromatic carbocycles. The number of nitrogens with one attached hydrogen (secondary N) is 1. The van der Waals surface area contributed by atoms with Crippen molar-refractivity contribution in [1.82, 2.24) is 14.9 Å². The zero-order valence-electron chi connectivity index (χ0n) is 11.6. The first-order chi connectivity index (χ1) is 9.60. The molecular formula is C13H17ClN4O2. The summed E-state index contributed by atoms with van der Waals surface area (Å²) < 4.78 is 12.7. The summed E-state index contributed by atoms with van der Waals surface area (Å²) >= 11 is 6.27. The van der Waals surface area contributed by atoms with Crippen molar-refractivity contribution in [1.29, 1.82) is 0 Å². The van der Waals surface area contributed by atoms with Gasteiger partial charge in [-0.1, -0.05) is 11.6 Å². The molecule has 1 aromatic heterocycles. The molecule has 0 spiro atoms. The molecule has 0 atom stereocenters. The SMILES string of the molecule is COc1cc(CNn2cnnc2)c(Cl)cc1OC(C)C. The van der Waals surface area contributed by atoms with Crippen LogP contribution >= 0.6 is 11.6 Å². The predicted octanol–water partition coefficient (Wildman–Crippen LogP) is 2.47. The van der Waals surface area contributed by atoms with Gasteiger partial charge in [0.2, 0.25) is 0 Å². The van der Waals surface area contributed by atoms with Crippen molar-refractivity contribution in [2.24, 2.45) is 0 Å². The molecule has 0 aliphatic heterocycles. The van der Waals surface area contributed by atoms with Crippen LogP contribution in [0.3, 0.4) is 0 Å². The second kappa shape index (κ2) is 6.47. The summed E-state index contributed by atoms with van der Waals surface area (Å²) in [6.07, 6.45) is 3.20. The van der Waals surface area contributed by atoms with Crippen LogP contribution < -0.4 is 14.9 Å². The van der Waals surface area contributed by atoms with Crippen LogP contribution in [-0.4, -0.2) is 28.1 Å². The first-order valence-electron chi connectivity index (χ1n) is 6.21. The lowest BCUT2D eigenvalue weighted by molar-refractivity contribution is 0.230. The van der Waals surface area contributed by atoms with Gasteiger partial charge in [-0.25, -0.2) is 4.68 Å². The molecule has 2 aromatic rings. The molecular weight excluding hydrogens is 280 g/mol. The third-order valence-electron chi connectivity index (χ3n) is 2.57. The molecule has 0 aliphatic carbocycles. The highest BCUT2D eigenvalue weighted by atomic mass is 35.5. The Hall–Kier alpha value is -1.95. The first kappa shape index (κ1) is 14.5. The topological polar surface area (TPSA) is 61.2 Å². The van der Waals surface area contributed by atoms with Gasteiger partial charge in [-0.3, -0.25) is 0 Å². The standard InChI is InChI=1S/C13H17ClN4O2/c1-9(2)20-13-5-11(14)10(4-12(13)19-3)6-17-18-7-15-16-8-18/h4-5,7-9,17H,6H2,1-3H3. The fraction of sp³-hybridized carbons (Fsp3) is 0.385. The van der Waals surface area contributed by atoms with E-state index in [4.69, 9.17) is 21.1 Å². The average Bonchev–Trinajstić information content (AvgIpc) is 2.90. The van der Waals surface area contributed by atoms with Gasteiger partial charge >= 0.3 is 0 Å². The first-order valence-corrected chi connectivity index (χ1v) is 6.59. The van der Waals surface area contributed by atoms with E-state index in [0.29, 0.717) is 23.1 Å². The Balaban J connectivity index is 2.16. The lowest BCUT2D eigenvalue weighted by Crippen LogP contribution is -2.13. The number of halogens is 1. The van der Waals surface area contributed by atoms with Crippen LogP contribution in [0.25, 0.3) is 0 Å². The van der Waals surface area contributed by atoms with Crippen LogP contribution in [-0.2, 0) is 6.54 Å². The monoisotopic (exact) mass is 296 g/mol. The maximum absolute atomic E-state index is 6.27. The van der Waals surface area contributed by atoms with Crippen LogP contribution in [0, 0.1) is 0 Å². The van der Waals surface area contributed by atoms with E-state index in [-0.39, 0.29) is 6.10 Å². The Morgan fingerprint density at radius 1 is 1.25 bits per heavy atom. The molecule has 0 amide bonds. The maximum Gasteiger partial charge on any atom is 0.163 e. The average molecular weight is 297 g/mol. The highest BCUT2D eigenvalue weighted by Crippen LogP contribution is 2.34. The molecule has 7 heteroatoms. The Bertz CT molecular complexity index is 558. The summed E-state index contributed by atoms with van der Waals surface area (Å²) in [5, 5.41) is 8.03. The summed E-state index contributed by atoms with van der Waals surface area (Å²) in [6, 6.07) is 3.63. The number of methoxy groups -OCH3 is 1. The van der Waals surface area contributed by atoms with Crippen LogP contribution in [0.2, 0.25) is 5.02 Å². The molecule has 6 nitrogen and oxygen atoms in total. The van der Waals surface area contributed by atoms with Crippen molar-refractivity contribution in [3.05, 3.63) is 35.4 Å². The summed E-state index contributed by atoms with van der Waals surface area (Å²) in [6.45, 7) is 4.43. The van der Waals surface area contributed by atoms with E-state index in [1.807, 2.05) is 19.9 Å². The second-order valence-electron chi connectivity index (χ2n) is 4.47. The van der Waals surface area contributed by atoms with Crippen molar-refractivity contribution in [3.8, 4) is 11.5 Å². The molecule has 20 heavy (non-hydrogen) atoms. The molecule has 0 unspecified atom stereocenters. The Morgan fingerprint density at radius 3 is 2.55 bits per heavy atom. The van der Waals surface area contributed by atoms with Crippen LogP contribution in [0.1, 0.15) is 19.4 Å².